The third-order valence-corrected chi connectivity index (χ3v) is 3.77. The van der Waals surface area contributed by atoms with E-state index < -0.39 is 6.29 Å². The van der Waals surface area contributed by atoms with Crippen LogP contribution in [0.1, 0.15) is 59.8 Å². The van der Waals surface area contributed by atoms with Crippen LogP contribution in [0.2, 0.25) is 0 Å². The number of ether oxygens (including phenoxy) is 1. The van der Waals surface area contributed by atoms with Crippen molar-refractivity contribution < 1.29 is 14.3 Å². The summed E-state index contributed by atoms with van der Waals surface area (Å²) in [5.74, 6) is 0. The van der Waals surface area contributed by atoms with Crippen LogP contribution < -0.4 is 0 Å². The summed E-state index contributed by atoms with van der Waals surface area (Å²) in [6.07, 6.45) is 4.90. The molecule has 18 heavy (non-hydrogen) atoms. The first-order chi connectivity index (χ1) is 8.64. The minimum absolute atomic E-state index is 0.568. The van der Waals surface area contributed by atoms with E-state index in [0.717, 1.165) is 23.9 Å². The monoisotopic (exact) mass is 260 g/mol. The first kappa shape index (κ1) is 17.9. The zero-order valence-electron chi connectivity index (χ0n) is 13.0. The maximum atomic E-state index is 9.60. The highest BCUT2D eigenvalue weighted by molar-refractivity contribution is 4.46. The van der Waals surface area contributed by atoms with Gasteiger partial charge in [-0.15, -0.1) is 0 Å². The van der Waals surface area contributed by atoms with E-state index in [1.54, 1.807) is 0 Å². The molecule has 110 valence electrons. The van der Waals surface area contributed by atoms with Crippen LogP contribution in [0.4, 0.5) is 0 Å². The van der Waals surface area contributed by atoms with E-state index in [2.05, 4.69) is 27.7 Å². The lowest BCUT2D eigenvalue weighted by Gasteiger charge is -2.38. The molecule has 0 aliphatic rings. The lowest BCUT2D eigenvalue weighted by molar-refractivity contribution is -0.927. The van der Waals surface area contributed by atoms with Crippen molar-refractivity contribution in [1.82, 2.24) is 0 Å². The Labute approximate surface area is 114 Å². The summed E-state index contributed by atoms with van der Waals surface area (Å²) in [4.78, 5) is 0. The van der Waals surface area contributed by atoms with Crippen LogP contribution in [0.25, 0.3) is 0 Å². The minimum Gasteiger partial charge on any atom is -0.368 e. The molecule has 2 unspecified atom stereocenters. The van der Waals surface area contributed by atoms with E-state index in [-0.39, 0.29) is 0 Å². The molecule has 3 nitrogen and oxygen atoms in total. The predicted octanol–water partition coefficient (Wildman–Crippen LogP) is 3.17. The number of quaternary nitrogens is 1. The molecule has 0 spiro atoms. The molecule has 0 saturated carbocycles. The van der Waals surface area contributed by atoms with Crippen LogP contribution in [0.5, 0.6) is 0 Å². The van der Waals surface area contributed by atoms with Crippen molar-refractivity contribution in [3.8, 4) is 0 Å². The summed E-state index contributed by atoms with van der Waals surface area (Å²) in [7, 11) is 0. The van der Waals surface area contributed by atoms with Gasteiger partial charge in [-0.25, -0.2) is 0 Å². The Bertz CT molecular complexity index is 187. The number of unbranched alkanes of at least 4 members (excludes halogenated alkanes) is 1. The maximum absolute atomic E-state index is 9.60. The molecule has 0 fully saturated rings. The molecule has 2 atom stereocenters. The van der Waals surface area contributed by atoms with Gasteiger partial charge in [0.2, 0.25) is 0 Å². The topological polar surface area (TPSA) is 29.5 Å². The van der Waals surface area contributed by atoms with Gasteiger partial charge in [0.15, 0.2) is 6.29 Å². The Balaban J connectivity index is 4.13. The van der Waals surface area contributed by atoms with Crippen molar-refractivity contribution in [2.24, 2.45) is 0 Å². The zero-order valence-corrected chi connectivity index (χ0v) is 13.0. The highest BCUT2D eigenvalue weighted by Gasteiger charge is 2.23. The molecule has 3 heteroatoms. The second kappa shape index (κ2) is 10.8. The first-order valence-electron chi connectivity index (χ1n) is 7.78. The van der Waals surface area contributed by atoms with E-state index in [1.165, 1.54) is 38.9 Å². The third kappa shape index (κ3) is 7.34. The number of aliphatic hydroxyl groups excluding tert-OH is 1. The molecule has 0 radical (unpaired) electrons. The van der Waals surface area contributed by atoms with E-state index in [4.69, 9.17) is 4.74 Å². The van der Waals surface area contributed by atoms with Gasteiger partial charge in [-0.3, -0.25) is 0 Å². The summed E-state index contributed by atoms with van der Waals surface area (Å²) in [6, 6.07) is 0. The Morgan fingerprint density at radius 2 is 1.67 bits per heavy atom. The van der Waals surface area contributed by atoms with Crippen LogP contribution >= 0.6 is 0 Å². The fourth-order valence-electron chi connectivity index (χ4n) is 2.49. The molecule has 0 aliphatic carbocycles. The lowest BCUT2D eigenvalue weighted by atomic mass is 10.2. The van der Waals surface area contributed by atoms with Crippen LogP contribution in [0, 0.1) is 0 Å². The summed E-state index contributed by atoms with van der Waals surface area (Å²) in [5.41, 5.74) is 0. The molecule has 0 aliphatic heterocycles. The van der Waals surface area contributed by atoms with Gasteiger partial charge in [-0.2, -0.15) is 0 Å². The standard InChI is InChI=1S/C15H34NO2/c1-5-9-12-16(8-4,11-7-3)13-14-18-15(17)10-6-2/h15,17H,5-14H2,1-4H3/q+1. The summed E-state index contributed by atoms with van der Waals surface area (Å²) < 4.78 is 6.65. The summed E-state index contributed by atoms with van der Waals surface area (Å²) in [5, 5.41) is 9.60. The average Bonchev–Trinajstić information content (AvgIpc) is 2.36. The van der Waals surface area contributed by atoms with Gasteiger partial charge in [0.05, 0.1) is 26.2 Å². The smallest absolute Gasteiger partial charge is 0.154 e. The number of rotatable bonds is 12. The van der Waals surface area contributed by atoms with Crippen LogP contribution in [0.3, 0.4) is 0 Å². The number of hydrogen-bond donors (Lipinski definition) is 1. The van der Waals surface area contributed by atoms with Crippen LogP contribution in [-0.4, -0.2) is 48.7 Å². The fourth-order valence-corrected chi connectivity index (χ4v) is 2.49. The van der Waals surface area contributed by atoms with Gasteiger partial charge in [0.25, 0.3) is 0 Å². The molecule has 0 aromatic heterocycles. The van der Waals surface area contributed by atoms with Crippen molar-refractivity contribution in [2.75, 3.05) is 32.8 Å². The molecule has 0 aromatic carbocycles. The van der Waals surface area contributed by atoms with Crippen molar-refractivity contribution in [3.05, 3.63) is 0 Å². The van der Waals surface area contributed by atoms with Gasteiger partial charge in [-0.05, 0) is 26.2 Å². The summed E-state index contributed by atoms with van der Waals surface area (Å²) in [6.45, 7) is 14.2. The average molecular weight is 260 g/mol. The maximum Gasteiger partial charge on any atom is 0.154 e. The van der Waals surface area contributed by atoms with Crippen molar-refractivity contribution in [2.45, 2.75) is 66.1 Å². The molecule has 0 saturated heterocycles. The van der Waals surface area contributed by atoms with E-state index in [9.17, 15) is 5.11 Å². The molecule has 0 amide bonds. The molecular formula is C15H34NO2+. The lowest BCUT2D eigenvalue weighted by Crippen LogP contribution is -2.51. The SMILES string of the molecule is CCCC[N+](CC)(CCC)CCOC(O)CCC. The molecular weight excluding hydrogens is 226 g/mol. The Morgan fingerprint density at radius 1 is 0.944 bits per heavy atom. The Hall–Kier alpha value is -0.120. The molecule has 0 aromatic rings. The van der Waals surface area contributed by atoms with Gasteiger partial charge in [-0.1, -0.05) is 33.6 Å². The zero-order chi connectivity index (χ0) is 13.9. The number of likely N-dealkylation sites (N-methyl/N-ethyl adjacent to an activating group) is 1. The number of aliphatic hydroxyl groups is 1. The predicted molar refractivity (Wildman–Crippen MR) is 77.5 cm³/mol. The molecule has 0 heterocycles. The van der Waals surface area contributed by atoms with Gasteiger partial charge in [0.1, 0.15) is 6.54 Å². The van der Waals surface area contributed by atoms with E-state index >= 15 is 0 Å². The van der Waals surface area contributed by atoms with Crippen molar-refractivity contribution >= 4 is 0 Å². The van der Waals surface area contributed by atoms with Gasteiger partial charge in [0, 0.05) is 0 Å². The van der Waals surface area contributed by atoms with Gasteiger partial charge < -0.3 is 14.3 Å². The highest BCUT2D eigenvalue weighted by Crippen LogP contribution is 2.11. The summed E-state index contributed by atoms with van der Waals surface area (Å²) >= 11 is 0. The normalized spacial score (nSPS) is 16.5. The van der Waals surface area contributed by atoms with E-state index in [1.807, 2.05) is 0 Å². The second-order valence-corrected chi connectivity index (χ2v) is 5.30. The van der Waals surface area contributed by atoms with Crippen molar-refractivity contribution in [3.63, 3.8) is 0 Å². The second-order valence-electron chi connectivity index (χ2n) is 5.30. The fraction of sp³-hybridized carbons (Fsp3) is 1.00. The molecule has 0 bridgehead atoms. The third-order valence-electron chi connectivity index (χ3n) is 3.77. The molecule has 1 N–H and O–H groups in total. The Kier molecular flexibility index (Phi) is 10.7. The van der Waals surface area contributed by atoms with Crippen LogP contribution in [0.15, 0.2) is 0 Å². The quantitative estimate of drug-likeness (QED) is 0.431. The van der Waals surface area contributed by atoms with Crippen LogP contribution in [-0.2, 0) is 4.74 Å². The minimum atomic E-state index is -0.568. The number of nitrogens with zero attached hydrogens (tertiary/aromatic N) is 1. The van der Waals surface area contributed by atoms with Crippen molar-refractivity contribution in [1.29, 1.82) is 0 Å². The largest absolute Gasteiger partial charge is 0.368 e. The first-order valence-corrected chi connectivity index (χ1v) is 7.78. The van der Waals surface area contributed by atoms with Gasteiger partial charge >= 0.3 is 0 Å². The van der Waals surface area contributed by atoms with E-state index in [0.29, 0.717) is 6.61 Å². The molecule has 0 rings (SSSR count). The number of hydrogen-bond acceptors (Lipinski definition) is 2. The highest BCUT2D eigenvalue weighted by atomic mass is 16.6. The Morgan fingerprint density at radius 3 is 2.17 bits per heavy atom.